The quantitative estimate of drug-likeness (QED) is 0.853. The molecule has 2 rings (SSSR count). The maximum atomic E-state index is 10.7. The Morgan fingerprint density at radius 3 is 2.76 bits per heavy atom. The topological polar surface area (TPSA) is 59.1 Å². The average molecular weight is 255 g/mol. The van der Waals surface area contributed by atoms with Crippen LogP contribution >= 0.6 is 11.6 Å². The molecule has 0 aromatic carbocycles. The van der Waals surface area contributed by atoms with E-state index in [4.69, 9.17) is 17.3 Å². The van der Waals surface area contributed by atoms with Crippen molar-refractivity contribution < 1.29 is 5.11 Å². The second-order valence-electron chi connectivity index (χ2n) is 4.97. The van der Waals surface area contributed by atoms with Gasteiger partial charge in [-0.3, -0.25) is 0 Å². The van der Waals surface area contributed by atoms with Gasteiger partial charge in [-0.05, 0) is 37.7 Å². The Morgan fingerprint density at radius 1 is 1.53 bits per heavy atom. The van der Waals surface area contributed by atoms with Gasteiger partial charge in [0.2, 0.25) is 0 Å². The maximum absolute atomic E-state index is 10.7. The highest BCUT2D eigenvalue weighted by Crippen LogP contribution is 2.42. The van der Waals surface area contributed by atoms with E-state index < -0.39 is 5.60 Å². The van der Waals surface area contributed by atoms with Gasteiger partial charge in [0.1, 0.15) is 5.82 Å². The number of aliphatic hydroxyl groups is 1. The first kappa shape index (κ1) is 12.7. The van der Waals surface area contributed by atoms with E-state index in [-0.39, 0.29) is 0 Å². The van der Waals surface area contributed by atoms with Gasteiger partial charge in [-0.15, -0.1) is 0 Å². The number of halogens is 1. The number of nitrogens with zero attached hydrogens (tertiary/aromatic N) is 1. The molecular formula is C13H19ClN2O. The second-order valence-corrected chi connectivity index (χ2v) is 5.41. The normalized spacial score (nSPS) is 29.2. The van der Waals surface area contributed by atoms with Crippen molar-refractivity contribution in [2.45, 2.75) is 44.6 Å². The largest absolute Gasteiger partial charge is 0.385 e. The second kappa shape index (κ2) is 4.83. The van der Waals surface area contributed by atoms with E-state index in [0.29, 0.717) is 16.4 Å². The number of aromatic nitrogens is 1. The average Bonchev–Trinajstić information content (AvgIpc) is 2.33. The van der Waals surface area contributed by atoms with Gasteiger partial charge in [0, 0.05) is 11.8 Å². The molecule has 0 aliphatic heterocycles. The summed E-state index contributed by atoms with van der Waals surface area (Å²) < 4.78 is 0. The minimum atomic E-state index is -0.840. The molecule has 0 radical (unpaired) electrons. The molecule has 0 unspecified atom stereocenters. The summed E-state index contributed by atoms with van der Waals surface area (Å²) in [6.45, 7) is 2.20. The molecule has 1 saturated carbocycles. The molecule has 1 fully saturated rings. The van der Waals surface area contributed by atoms with E-state index in [1.54, 1.807) is 6.07 Å². The SMILES string of the molecule is CCC1CCC(O)(c2cc(Cl)cnc2N)CC1. The van der Waals surface area contributed by atoms with E-state index in [2.05, 4.69) is 11.9 Å². The Balaban J connectivity index is 2.24. The zero-order valence-electron chi connectivity index (χ0n) is 10.1. The van der Waals surface area contributed by atoms with Crippen molar-refractivity contribution in [1.29, 1.82) is 0 Å². The molecule has 0 saturated heterocycles. The van der Waals surface area contributed by atoms with Crippen molar-refractivity contribution in [1.82, 2.24) is 4.98 Å². The molecule has 0 spiro atoms. The van der Waals surface area contributed by atoms with Gasteiger partial charge in [-0.25, -0.2) is 4.98 Å². The third-order valence-electron chi connectivity index (χ3n) is 3.90. The standard InChI is InChI=1S/C13H19ClN2O/c1-2-9-3-5-13(17,6-4-9)11-7-10(14)8-16-12(11)15/h7-9,17H,2-6H2,1H3,(H2,15,16). The highest BCUT2D eigenvalue weighted by atomic mass is 35.5. The fraction of sp³-hybridized carbons (Fsp3) is 0.615. The van der Waals surface area contributed by atoms with E-state index >= 15 is 0 Å². The Bertz CT molecular complexity index is 400. The summed E-state index contributed by atoms with van der Waals surface area (Å²) in [5, 5.41) is 11.2. The summed E-state index contributed by atoms with van der Waals surface area (Å²) in [6, 6.07) is 1.75. The maximum Gasteiger partial charge on any atom is 0.129 e. The summed E-state index contributed by atoms with van der Waals surface area (Å²) in [5.41, 5.74) is 5.70. The van der Waals surface area contributed by atoms with E-state index in [0.717, 1.165) is 31.6 Å². The van der Waals surface area contributed by atoms with Crippen molar-refractivity contribution in [3.63, 3.8) is 0 Å². The van der Waals surface area contributed by atoms with Crippen LogP contribution < -0.4 is 5.73 Å². The lowest BCUT2D eigenvalue weighted by Gasteiger charge is -2.36. The van der Waals surface area contributed by atoms with Gasteiger partial charge in [-0.1, -0.05) is 24.9 Å². The Hall–Kier alpha value is -0.800. The lowest BCUT2D eigenvalue weighted by Crippen LogP contribution is -2.32. The van der Waals surface area contributed by atoms with Crippen LogP contribution in [0.25, 0.3) is 0 Å². The van der Waals surface area contributed by atoms with Gasteiger partial charge in [0.25, 0.3) is 0 Å². The zero-order chi connectivity index (χ0) is 12.5. The van der Waals surface area contributed by atoms with Crippen LogP contribution in [0.15, 0.2) is 12.3 Å². The number of pyridine rings is 1. The summed E-state index contributed by atoms with van der Waals surface area (Å²) in [5.74, 6) is 1.12. The first-order chi connectivity index (χ1) is 8.05. The van der Waals surface area contributed by atoms with Gasteiger partial charge in [0.15, 0.2) is 0 Å². The van der Waals surface area contributed by atoms with Crippen molar-refractivity contribution in [2.75, 3.05) is 5.73 Å². The smallest absolute Gasteiger partial charge is 0.129 e. The van der Waals surface area contributed by atoms with E-state index in [9.17, 15) is 5.11 Å². The molecule has 94 valence electrons. The Morgan fingerprint density at radius 2 is 2.18 bits per heavy atom. The molecule has 1 heterocycles. The van der Waals surface area contributed by atoms with Crippen LogP contribution in [0.4, 0.5) is 5.82 Å². The number of hydrogen-bond acceptors (Lipinski definition) is 3. The first-order valence-corrected chi connectivity index (χ1v) is 6.57. The molecule has 1 aromatic rings. The minimum absolute atomic E-state index is 0.395. The van der Waals surface area contributed by atoms with Crippen molar-refractivity contribution in [3.8, 4) is 0 Å². The molecule has 0 bridgehead atoms. The Labute approximate surface area is 107 Å². The molecule has 1 aliphatic rings. The molecule has 3 nitrogen and oxygen atoms in total. The van der Waals surface area contributed by atoms with Crippen LogP contribution in [-0.4, -0.2) is 10.1 Å². The van der Waals surface area contributed by atoms with Crippen LogP contribution in [0.3, 0.4) is 0 Å². The predicted molar refractivity (Wildman–Crippen MR) is 69.8 cm³/mol. The summed E-state index contributed by atoms with van der Waals surface area (Å²) in [6.07, 6.45) is 6.27. The summed E-state index contributed by atoms with van der Waals surface area (Å²) in [7, 11) is 0. The molecular weight excluding hydrogens is 236 g/mol. The molecule has 17 heavy (non-hydrogen) atoms. The monoisotopic (exact) mass is 254 g/mol. The lowest BCUT2D eigenvalue weighted by atomic mass is 9.74. The van der Waals surface area contributed by atoms with Gasteiger partial charge in [0.05, 0.1) is 10.6 Å². The van der Waals surface area contributed by atoms with Crippen LogP contribution in [0, 0.1) is 5.92 Å². The first-order valence-electron chi connectivity index (χ1n) is 6.19. The molecule has 3 N–H and O–H groups in total. The van der Waals surface area contributed by atoms with Crippen LogP contribution in [0.5, 0.6) is 0 Å². The van der Waals surface area contributed by atoms with Gasteiger partial charge in [-0.2, -0.15) is 0 Å². The number of hydrogen-bond donors (Lipinski definition) is 2. The Kier molecular flexibility index (Phi) is 3.59. The lowest BCUT2D eigenvalue weighted by molar-refractivity contribution is -0.0141. The number of nitrogens with two attached hydrogens (primary N) is 1. The van der Waals surface area contributed by atoms with Crippen molar-refractivity contribution in [3.05, 3.63) is 22.8 Å². The third-order valence-corrected chi connectivity index (χ3v) is 4.10. The fourth-order valence-corrected chi connectivity index (χ4v) is 2.81. The predicted octanol–water partition coefficient (Wildman–Crippen LogP) is 3.11. The molecule has 0 atom stereocenters. The van der Waals surface area contributed by atoms with Crippen molar-refractivity contribution >= 4 is 17.4 Å². The van der Waals surface area contributed by atoms with Crippen LogP contribution in [-0.2, 0) is 5.60 Å². The fourth-order valence-electron chi connectivity index (χ4n) is 2.66. The molecule has 4 heteroatoms. The molecule has 1 aromatic heterocycles. The summed E-state index contributed by atoms with van der Waals surface area (Å²) >= 11 is 5.92. The number of anilines is 1. The van der Waals surface area contributed by atoms with Gasteiger partial charge < -0.3 is 10.8 Å². The molecule has 0 amide bonds. The van der Waals surface area contributed by atoms with E-state index in [1.165, 1.54) is 12.6 Å². The molecule has 1 aliphatic carbocycles. The van der Waals surface area contributed by atoms with Crippen LogP contribution in [0.1, 0.15) is 44.6 Å². The highest BCUT2D eigenvalue weighted by Gasteiger charge is 2.36. The highest BCUT2D eigenvalue weighted by molar-refractivity contribution is 6.30. The number of rotatable bonds is 2. The van der Waals surface area contributed by atoms with Gasteiger partial charge >= 0.3 is 0 Å². The summed E-state index contributed by atoms with van der Waals surface area (Å²) in [4.78, 5) is 4.02. The minimum Gasteiger partial charge on any atom is -0.385 e. The van der Waals surface area contributed by atoms with Crippen LogP contribution in [0.2, 0.25) is 5.02 Å². The van der Waals surface area contributed by atoms with E-state index in [1.807, 2.05) is 0 Å². The third kappa shape index (κ3) is 2.55. The van der Waals surface area contributed by atoms with Crippen molar-refractivity contribution in [2.24, 2.45) is 5.92 Å². The zero-order valence-corrected chi connectivity index (χ0v) is 10.9. The number of nitrogen functional groups attached to an aromatic ring is 1.